The first-order chi connectivity index (χ1) is 10.2. The van der Waals surface area contributed by atoms with E-state index in [0.717, 1.165) is 22.8 Å². The van der Waals surface area contributed by atoms with Crippen LogP contribution in [-0.4, -0.2) is 28.9 Å². The Morgan fingerprint density at radius 1 is 1.00 bits per heavy atom. The second-order valence-corrected chi connectivity index (χ2v) is 5.32. The van der Waals surface area contributed by atoms with Gasteiger partial charge in [0.15, 0.2) is 10.6 Å². The summed E-state index contributed by atoms with van der Waals surface area (Å²) >= 11 is 5.43. The van der Waals surface area contributed by atoms with E-state index in [1.54, 1.807) is 0 Å². The first-order valence-electron chi connectivity index (χ1n) is 6.68. The molecule has 1 aromatic heterocycles. The summed E-state index contributed by atoms with van der Waals surface area (Å²) in [4.78, 5) is 2.07. The van der Waals surface area contributed by atoms with Crippen LogP contribution in [-0.2, 0) is 0 Å². The Morgan fingerprint density at radius 3 is 2.38 bits per heavy atom. The van der Waals surface area contributed by atoms with E-state index in [9.17, 15) is 0 Å². The van der Waals surface area contributed by atoms with Crippen LogP contribution < -0.4 is 4.90 Å². The number of hydrogen-bond acceptors (Lipinski definition) is 3. The van der Waals surface area contributed by atoms with Gasteiger partial charge in [0.05, 0.1) is 11.4 Å². The fourth-order valence-corrected chi connectivity index (χ4v) is 2.56. The smallest absolute Gasteiger partial charge is 0.200 e. The van der Waals surface area contributed by atoms with Gasteiger partial charge in [-0.25, -0.2) is 0 Å². The molecule has 3 rings (SSSR count). The van der Waals surface area contributed by atoms with Gasteiger partial charge in [-0.15, -0.1) is 0 Å². The third kappa shape index (κ3) is 2.48. The van der Waals surface area contributed by atoms with E-state index in [-0.39, 0.29) is 0 Å². The molecule has 0 fully saturated rings. The molecule has 0 saturated heterocycles. The number of nitrogens with zero attached hydrogens (tertiary/aromatic N) is 3. The van der Waals surface area contributed by atoms with Crippen molar-refractivity contribution in [2.24, 2.45) is 0 Å². The van der Waals surface area contributed by atoms with Crippen molar-refractivity contribution < 1.29 is 0 Å². The molecule has 0 aliphatic carbocycles. The lowest BCUT2D eigenvalue weighted by molar-refractivity contribution is 1.01. The lowest BCUT2D eigenvalue weighted by atomic mass is 10.2. The van der Waals surface area contributed by atoms with Crippen molar-refractivity contribution in [3.05, 3.63) is 59.4 Å². The van der Waals surface area contributed by atoms with Gasteiger partial charge in [-0.05, 0) is 24.4 Å². The summed E-state index contributed by atoms with van der Waals surface area (Å²) in [6.45, 7) is 0. The standard InChI is InChI=1S/C16H16N4S/c1-19(2)13-10-6-7-11-14(13)20-15(17-18-16(20)21)12-8-4-3-5-9-12/h3-11H,1-2H3,(H,18,21). The van der Waals surface area contributed by atoms with Gasteiger partial charge in [0, 0.05) is 19.7 Å². The SMILES string of the molecule is CN(C)c1ccccc1-n1c(-c2ccccc2)n[nH]c1=S. The van der Waals surface area contributed by atoms with E-state index in [1.807, 2.05) is 67.2 Å². The van der Waals surface area contributed by atoms with Gasteiger partial charge in [0.25, 0.3) is 0 Å². The second-order valence-electron chi connectivity index (χ2n) is 4.94. The number of rotatable bonds is 3. The van der Waals surface area contributed by atoms with Gasteiger partial charge in [-0.3, -0.25) is 9.67 Å². The van der Waals surface area contributed by atoms with Crippen LogP contribution in [0.1, 0.15) is 0 Å². The highest BCUT2D eigenvalue weighted by Crippen LogP contribution is 2.27. The Balaban J connectivity index is 2.26. The van der Waals surface area contributed by atoms with Crippen molar-refractivity contribution in [2.45, 2.75) is 0 Å². The Morgan fingerprint density at radius 2 is 1.67 bits per heavy atom. The Hall–Kier alpha value is -2.40. The van der Waals surface area contributed by atoms with Crippen LogP contribution in [0.15, 0.2) is 54.6 Å². The quantitative estimate of drug-likeness (QED) is 0.749. The minimum absolute atomic E-state index is 0.586. The van der Waals surface area contributed by atoms with Crippen LogP contribution in [0, 0.1) is 4.77 Å². The first-order valence-corrected chi connectivity index (χ1v) is 7.09. The van der Waals surface area contributed by atoms with Crippen LogP contribution in [0.4, 0.5) is 5.69 Å². The summed E-state index contributed by atoms with van der Waals surface area (Å²) in [6, 6.07) is 18.2. The summed E-state index contributed by atoms with van der Waals surface area (Å²) in [5.74, 6) is 0.815. The number of aromatic nitrogens is 3. The number of anilines is 1. The minimum atomic E-state index is 0.586. The van der Waals surface area contributed by atoms with Crippen LogP contribution in [0.3, 0.4) is 0 Å². The first kappa shape index (κ1) is 13.6. The van der Waals surface area contributed by atoms with E-state index >= 15 is 0 Å². The zero-order valence-electron chi connectivity index (χ0n) is 11.9. The van der Waals surface area contributed by atoms with Crippen molar-refractivity contribution >= 4 is 17.9 Å². The average Bonchev–Trinajstić information content (AvgIpc) is 2.89. The fraction of sp³-hybridized carbons (Fsp3) is 0.125. The predicted octanol–water partition coefficient (Wildman–Crippen LogP) is 3.66. The summed E-state index contributed by atoms with van der Waals surface area (Å²) in [7, 11) is 4.04. The highest BCUT2D eigenvalue weighted by atomic mass is 32.1. The summed E-state index contributed by atoms with van der Waals surface area (Å²) in [6.07, 6.45) is 0. The summed E-state index contributed by atoms with van der Waals surface area (Å²) < 4.78 is 2.56. The van der Waals surface area contributed by atoms with Gasteiger partial charge in [0.1, 0.15) is 0 Å². The molecule has 5 heteroatoms. The van der Waals surface area contributed by atoms with E-state index in [2.05, 4.69) is 21.2 Å². The maximum Gasteiger partial charge on any atom is 0.200 e. The molecular weight excluding hydrogens is 280 g/mol. The maximum absolute atomic E-state index is 5.43. The van der Waals surface area contributed by atoms with Crippen LogP contribution in [0.25, 0.3) is 17.1 Å². The Labute approximate surface area is 128 Å². The van der Waals surface area contributed by atoms with Crippen LogP contribution in [0.5, 0.6) is 0 Å². The number of benzene rings is 2. The predicted molar refractivity (Wildman–Crippen MR) is 88.5 cm³/mol. The van der Waals surface area contributed by atoms with E-state index in [1.165, 1.54) is 0 Å². The topological polar surface area (TPSA) is 36.9 Å². The maximum atomic E-state index is 5.43. The Kier molecular flexibility index (Phi) is 3.58. The molecule has 0 radical (unpaired) electrons. The molecule has 0 bridgehead atoms. The van der Waals surface area contributed by atoms with Crippen molar-refractivity contribution in [1.82, 2.24) is 14.8 Å². The van der Waals surface area contributed by atoms with E-state index in [4.69, 9.17) is 12.2 Å². The zero-order valence-corrected chi connectivity index (χ0v) is 12.8. The van der Waals surface area contributed by atoms with Crippen molar-refractivity contribution in [3.63, 3.8) is 0 Å². The molecule has 0 spiro atoms. The molecule has 4 nitrogen and oxygen atoms in total. The molecule has 0 amide bonds. The van der Waals surface area contributed by atoms with Gasteiger partial charge >= 0.3 is 0 Å². The van der Waals surface area contributed by atoms with Crippen molar-refractivity contribution in [1.29, 1.82) is 0 Å². The fourth-order valence-electron chi connectivity index (χ4n) is 2.33. The number of para-hydroxylation sites is 2. The molecular formula is C16H16N4S. The molecule has 0 unspecified atom stereocenters. The van der Waals surface area contributed by atoms with Gasteiger partial charge < -0.3 is 4.90 Å². The largest absolute Gasteiger partial charge is 0.376 e. The van der Waals surface area contributed by atoms with E-state index in [0.29, 0.717) is 4.77 Å². The molecule has 3 aromatic rings. The number of hydrogen-bond donors (Lipinski definition) is 1. The number of H-pyrrole nitrogens is 1. The minimum Gasteiger partial charge on any atom is -0.376 e. The number of aromatic amines is 1. The molecule has 1 heterocycles. The molecule has 0 atom stereocenters. The molecule has 106 valence electrons. The highest BCUT2D eigenvalue weighted by Gasteiger charge is 2.14. The van der Waals surface area contributed by atoms with Crippen molar-refractivity contribution in [3.8, 4) is 17.1 Å². The highest BCUT2D eigenvalue weighted by molar-refractivity contribution is 7.71. The van der Waals surface area contributed by atoms with Crippen LogP contribution >= 0.6 is 12.2 Å². The third-order valence-corrected chi connectivity index (χ3v) is 3.58. The van der Waals surface area contributed by atoms with Crippen molar-refractivity contribution in [2.75, 3.05) is 19.0 Å². The summed E-state index contributed by atoms with van der Waals surface area (Å²) in [5, 5.41) is 7.29. The lowest BCUT2D eigenvalue weighted by Gasteiger charge is -2.18. The molecule has 1 N–H and O–H groups in total. The second kappa shape index (κ2) is 5.54. The molecule has 2 aromatic carbocycles. The third-order valence-electron chi connectivity index (χ3n) is 3.31. The normalized spacial score (nSPS) is 10.6. The number of nitrogens with one attached hydrogen (secondary N) is 1. The lowest BCUT2D eigenvalue weighted by Crippen LogP contribution is -2.12. The van der Waals surface area contributed by atoms with Gasteiger partial charge in [-0.2, -0.15) is 5.10 Å². The molecule has 21 heavy (non-hydrogen) atoms. The zero-order chi connectivity index (χ0) is 14.8. The van der Waals surface area contributed by atoms with Gasteiger partial charge in [-0.1, -0.05) is 42.5 Å². The average molecular weight is 296 g/mol. The molecule has 0 aliphatic heterocycles. The van der Waals surface area contributed by atoms with E-state index < -0.39 is 0 Å². The monoisotopic (exact) mass is 296 g/mol. The Bertz CT molecular complexity index is 802. The van der Waals surface area contributed by atoms with Gasteiger partial charge in [0.2, 0.25) is 0 Å². The molecule has 0 saturated carbocycles. The molecule has 0 aliphatic rings. The van der Waals surface area contributed by atoms with Crippen LogP contribution in [0.2, 0.25) is 0 Å². The summed E-state index contributed by atoms with van der Waals surface area (Å²) in [5.41, 5.74) is 3.13.